The molecule has 0 saturated heterocycles. The van der Waals surface area contributed by atoms with E-state index in [1.165, 1.54) is 13.2 Å². The van der Waals surface area contributed by atoms with Gasteiger partial charge in [-0.15, -0.1) is 0 Å². The van der Waals surface area contributed by atoms with Crippen LogP contribution in [0.15, 0.2) is 12.3 Å². The fourth-order valence-electron chi connectivity index (χ4n) is 1.32. The molecule has 0 aliphatic carbocycles. The number of halogens is 1. The zero-order valence-electron chi connectivity index (χ0n) is 10.2. The summed E-state index contributed by atoms with van der Waals surface area (Å²) in [6, 6.07) is 1.18. The summed E-state index contributed by atoms with van der Waals surface area (Å²) < 4.78 is 8.77. The second kappa shape index (κ2) is 6.46. The zero-order valence-corrected chi connectivity index (χ0v) is 10.9. The molecule has 0 aliphatic rings. The van der Waals surface area contributed by atoms with E-state index in [0.29, 0.717) is 0 Å². The summed E-state index contributed by atoms with van der Waals surface area (Å²) in [4.78, 5) is 26.1. The Morgan fingerprint density at radius 3 is 2.47 bits per heavy atom. The molecule has 0 bridgehead atoms. The summed E-state index contributed by atoms with van der Waals surface area (Å²) in [6.07, 6.45) is -2.36. The van der Waals surface area contributed by atoms with Gasteiger partial charge in [0.2, 0.25) is 0 Å². The minimum atomic E-state index is -1.84. The first kappa shape index (κ1) is 15.4. The van der Waals surface area contributed by atoms with Gasteiger partial charge in [-0.3, -0.25) is 0 Å². The summed E-state index contributed by atoms with van der Waals surface area (Å²) in [5.41, 5.74) is -0.0551. The van der Waals surface area contributed by atoms with Crippen LogP contribution in [0.25, 0.3) is 0 Å². The van der Waals surface area contributed by atoms with E-state index in [0.717, 1.165) is 13.3 Å². The van der Waals surface area contributed by atoms with E-state index in [2.05, 4.69) is 14.5 Å². The molecule has 2 atom stereocenters. The van der Waals surface area contributed by atoms with Crippen molar-refractivity contribution in [2.45, 2.75) is 12.2 Å². The first-order valence-electron chi connectivity index (χ1n) is 5.10. The molecule has 2 unspecified atom stereocenters. The van der Waals surface area contributed by atoms with E-state index in [-0.39, 0.29) is 16.3 Å². The van der Waals surface area contributed by atoms with Gasteiger partial charge in [-0.1, -0.05) is 11.6 Å². The quantitative estimate of drug-likeness (QED) is 0.597. The summed E-state index contributed by atoms with van der Waals surface area (Å²) in [7, 11) is 2.24. The van der Waals surface area contributed by atoms with Crippen LogP contribution in [0.1, 0.15) is 22.0 Å². The highest BCUT2D eigenvalue weighted by Crippen LogP contribution is 2.25. The van der Waals surface area contributed by atoms with Crippen LogP contribution < -0.4 is 0 Å². The van der Waals surface area contributed by atoms with E-state index < -0.39 is 24.1 Å². The van der Waals surface area contributed by atoms with Gasteiger partial charge in [-0.25, -0.2) is 14.6 Å². The minimum absolute atomic E-state index is 0.0259. The van der Waals surface area contributed by atoms with Crippen molar-refractivity contribution in [2.75, 3.05) is 14.2 Å². The normalized spacial score (nSPS) is 13.5. The van der Waals surface area contributed by atoms with Gasteiger partial charge in [0.1, 0.15) is 11.3 Å². The molecule has 19 heavy (non-hydrogen) atoms. The maximum atomic E-state index is 11.3. The Balaban J connectivity index is 3.11. The molecule has 1 aromatic heterocycles. The SMILES string of the molecule is COC(=O)c1cnc(Cl)c(C(O)C(O)C(=O)OC)c1. The van der Waals surface area contributed by atoms with Crippen molar-refractivity contribution >= 4 is 23.5 Å². The molecule has 0 aliphatic heterocycles. The second-order valence-electron chi connectivity index (χ2n) is 3.51. The minimum Gasteiger partial charge on any atom is -0.467 e. The lowest BCUT2D eigenvalue weighted by Crippen LogP contribution is -2.29. The van der Waals surface area contributed by atoms with Crippen LogP contribution >= 0.6 is 11.6 Å². The van der Waals surface area contributed by atoms with Gasteiger partial charge in [0.15, 0.2) is 6.10 Å². The van der Waals surface area contributed by atoms with Gasteiger partial charge in [-0.05, 0) is 6.07 Å². The zero-order chi connectivity index (χ0) is 14.6. The lowest BCUT2D eigenvalue weighted by Gasteiger charge is -2.17. The van der Waals surface area contributed by atoms with Gasteiger partial charge in [0, 0.05) is 11.8 Å². The number of carbonyl (C=O) groups is 2. The summed E-state index contributed by atoms with van der Waals surface area (Å²) >= 11 is 5.74. The topological polar surface area (TPSA) is 106 Å². The van der Waals surface area contributed by atoms with Crippen LogP contribution in [0, 0.1) is 0 Å². The monoisotopic (exact) mass is 289 g/mol. The number of aliphatic hydroxyl groups is 2. The number of carbonyl (C=O) groups excluding carboxylic acids is 2. The van der Waals surface area contributed by atoms with Crippen LogP contribution in [-0.2, 0) is 14.3 Å². The number of methoxy groups -OCH3 is 2. The Kier molecular flexibility index (Phi) is 5.22. The number of aromatic nitrogens is 1. The van der Waals surface area contributed by atoms with E-state index in [9.17, 15) is 19.8 Å². The smallest absolute Gasteiger partial charge is 0.339 e. The largest absolute Gasteiger partial charge is 0.467 e. The molecule has 0 aromatic carbocycles. The molecule has 0 fully saturated rings. The average molecular weight is 290 g/mol. The van der Waals surface area contributed by atoms with Gasteiger partial charge in [0.25, 0.3) is 0 Å². The summed E-state index contributed by atoms with van der Waals surface area (Å²) in [6.45, 7) is 0. The molecule has 7 nitrogen and oxygen atoms in total. The third-order valence-electron chi connectivity index (χ3n) is 2.35. The van der Waals surface area contributed by atoms with Crippen molar-refractivity contribution in [3.63, 3.8) is 0 Å². The number of nitrogens with zero attached hydrogens (tertiary/aromatic N) is 1. The molecule has 104 valence electrons. The molecular weight excluding hydrogens is 278 g/mol. The van der Waals surface area contributed by atoms with Crippen LogP contribution in [0.2, 0.25) is 5.15 Å². The van der Waals surface area contributed by atoms with Gasteiger partial charge in [-0.2, -0.15) is 0 Å². The first-order valence-corrected chi connectivity index (χ1v) is 5.47. The highest BCUT2D eigenvalue weighted by molar-refractivity contribution is 6.30. The van der Waals surface area contributed by atoms with Crippen LogP contribution in [0.3, 0.4) is 0 Å². The maximum absolute atomic E-state index is 11.3. The fraction of sp³-hybridized carbons (Fsp3) is 0.364. The number of esters is 2. The highest BCUT2D eigenvalue weighted by Gasteiger charge is 2.29. The molecule has 2 N–H and O–H groups in total. The first-order chi connectivity index (χ1) is 8.92. The molecule has 1 heterocycles. The number of hydrogen-bond acceptors (Lipinski definition) is 7. The standard InChI is InChI=1S/C11H12ClNO6/c1-18-10(16)5-3-6(9(12)13-4-5)7(14)8(15)11(17)19-2/h3-4,7-8,14-15H,1-2H3. The number of pyridine rings is 1. The molecule has 1 aromatic rings. The Morgan fingerprint density at radius 1 is 1.32 bits per heavy atom. The Morgan fingerprint density at radius 2 is 1.95 bits per heavy atom. The van der Waals surface area contributed by atoms with Gasteiger partial charge < -0.3 is 19.7 Å². The lowest BCUT2D eigenvalue weighted by atomic mass is 10.0. The summed E-state index contributed by atoms with van der Waals surface area (Å²) in [5.74, 6) is -1.72. The number of rotatable bonds is 4. The van der Waals surface area contributed by atoms with Gasteiger partial charge >= 0.3 is 11.9 Å². The lowest BCUT2D eigenvalue weighted by molar-refractivity contribution is -0.156. The van der Waals surface area contributed by atoms with E-state index in [1.54, 1.807) is 0 Å². The third kappa shape index (κ3) is 3.40. The third-order valence-corrected chi connectivity index (χ3v) is 2.66. The van der Waals surface area contributed by atoms with Gasteiger partial charge in [0.05, 0.1) is 19.8 Å². The van der Waals surface area contributed by atoms with Crippen LogP contribution in [-0.4, -0.2) is 47.5 Å². The molecule has 0 radical (unpaired) electrons. The number of ether oxygens (including phenoxy) is 2. The Hall–Kier alpha value is -1.70. The Bertz CT molecular complexity index is 492. The van der Waals surface area contributed by atoms with Crippen molar-refractivity contribution in [3.05, 3.63) is 28.5 Å². The fourth-order valence-corrected chi connectivity index (χ4v) is 1.54. The van der Waals surface area contributed by atoms with Crippen molar-refractivity contribution in [1.82, 2.24) is 4.98 Å². The van der Waals surface area contributed by atoms with Crippen molar-refractivity contribution in [2.24, 2.45) is 0 Å². The molecule has 0 spiro atoms. The molecular formula is C11H12ClNO6. The second-order valence-corrected chi connectivity index (χ2v) is 3.87. The molecule has 0 amide bonds. The molecule has 1 rings (SSSR count). The van der Waals surface area contributed by atoms with E-state index >= 15 is 0 Å². The van der Waals surface area contributed by atoms with Crippen molar-refractivity contribution < 1.29 is 29.3 Å². The average Bonchev–Trinajstić information content (AvgIpc) is 2.44. The van der Waals surface area contributed by atoms with E-state index in [4.69, 9.17) is 11.6 Å². The molecule has 8 heteroatoms. The van der Waals surface area contributed by atoms with E-state index in [1.807, 2.05) is 0 Å². The Labute approximate surface area is 113 Å². The van der Waals surface area contributed by atoms with Crippen molar-refractivity contribution in [3.8, 4) is 0 Å². The summed E-state index contributed by atoms with van der Waals surface area (Å²) in [5, 5.41) is 19.2. The maximum Gasteiger partial charge on any atom is 0.339 e. The van der Waals surface area contributed by atoms with Crippen LogP contribution in [0.4, 0.5) is 0 Å². The van der Waals surface area contributed by atoms with Crippen LogP contribution in [0.5, 0.6) is 0 Å². The number of hydrogen-bond donors (Lipinski definition) is 2. The van der Waals surface area contributed by atoms with Crippen molar-refractivity contribution in [1.29, 1.82) is 0 Å². The predicted molar refractivity (Wildman–Crippen MR) is 63.6 cm³/mol. The molecule has 0 saturated carbocycles. The predicted octanol–water partition coefficient (Wildman–Crippen LogP) is 0.0889. The number of aliphatic hydroxyl groups excluding tert-OH is 2. The highest BCUT2D eigenvalue weighted by atomic mass is 35.5.